The fourth-order valence-electron chi connectivity index (χ4n) is 1.38. The summed E-state index contributed by atoms with van der Waals surface area (Å²) in [6.45, 7) is 2.18. The van der Waals surface area contributed by atoms with Gasteiger partial charge >= 0.3 is 0 Å². The number of hydrogen-bond donors (Lipinski definition) is 0. The second kappa shape index (κ2) is 4.77. The Morgan fingerprint density at radius 3 is 2.76 bits per heavy atom. The molecule has 0 bridgehead atoms. The average molecular weight is 365 g/mol. The maximum atomic E-state index is 12.0. The topological polar surface area (TPSA) is 52.7 Å². The SMILES string of the molecule is Cc1ncn(Cc2ncc(Cl)n2C)c(=O)c1I. The monoisotopic (exact) mass is 364 g/mol. The Hall–Kier alpha value is -0.890. The lowest BCUT2D eigenvalue weighted by molar-refractivity contribution is 0.660. The van der Waals surface area contributed by atoms with Gasteiger partial charge in [0, 0.05) is 7.05 Å². The fourth-order valence-corrected chi connectivity index (χ4v) is 1.98. The molecule has 0 aliphatic heterocycles. The van der Waals surface area contributed by atoms with Gasteiger partial charge in [0.2, 0.25) is 0 Å². The molecule has 0 aliphatic carbocycles. The maximum absolute atomic E-state index is 12.0. The summed E-state index contributed by atoms with van der Waals surface area (Å²) in [7, 11) is 1.81. The van der Waals surface area contributed by atoms with Gasteiger partial charge in [0.25, 0.3) is 5.56 Å². The molecule has 0 amide bonds. The fraction of sp³-hybridized carbons (Fsp3) is 0.300. The summed E-state index contributed by atoms with van der Waals surface area (Å²) in [6, 6.07) is 0. The number of rotatable bonds is 2. The van der Waals surface area contributed by atoms with Crippen molar-refractivity contribution in [1.29, 1.82) is 0 Å². The highest BCUT2D eigenvalue weighted by Gasteiger charge is 2.09. The van der Waals surface area contributed by atoms with Crippen molar-refractivity contribution < 1.29 is 0 Å². The van der Waals surface area contributed by atoms with Crippen LogP contribution in [0.1, 0.15) is 11.5 Å². The molecule has 0 N–H and O–H groups in total. The van der Waals surface area contributed by atoms with Crippen LogP contribution in [0, 0.1) is 10.5 Å². The van der Waals surface area contributed by atoms with Crippen molar-refractivity contribution in [2.45, 2.75) is 13.5 Å². The number of hydrogen-bond acceptors (Lipinski definition) is 3. The smallest absolute Gasteiger partial charge is 0.267 e. The first-order valence-corrected chi connectivity index (χ1v) is 6.34. The molecule has 2 aromatic heterocycles. The van der Waals surface area contributed by atoms with Gasteiger partial charge in [-0.1, -0.05) is 11.6 Å². The van der Waals surface area contributed by atoms with E-state index in [9.17, 15) is 4.79 Å². The van der Waals surface area contributed by atoms with E-state index in [0.717, 1.165) is 11.5 Å². The van der Waals surface area contributed by atoms with E-state index < -0.39 is 0 Å². The van der Waals surface area contributed by atoms with E-state index in [-0.39, 0.29) is 5.56 Å². The van der Waals surface area contributed by atoms with Crippen molar-refractivity contribution >= 4 is 34.2 Å². The third-order valence-corrected chi connectivity index (χ3v) is 4.09. The molecule has 0 spiro atoms. The third kappa shape index (κ3) is 2.37. The van der Waals surface area contributed by atoms with Gasteiger partial charge in [-0.15, -0.1) is 0 Å². The summed E-state index contributed by atoms with van der Waals surface area (Å²) in [6.07, 6.45) is 3.09. The van der Waals surface area contributed by atoms with E-state index in [4.69, 9.17) is 11.6 Å². The van der Waals surface area contributed by atoms with Crippen LogP contribution in [0.25, 0.3) is 0 Å². The molecule has 7 heteroatoms. The standard InChI is InChI=1S/C10H10ClIN4O/c1-6-9(12)10(17)16(5-14-6)4-8-13-3-7(11)15(8)2/h3,5H,4H2,1-2H3. The molecule has 2 aromatic rings. The Bertz CT molecular complexity index is 619. The molecule has 17 heavy (non-hydrogen) atoms. The van der Waals surface area contributed by atoms with Crippen molar-refractivity contribution in [1.82, 2.24) is 19.1 Å². The van der Waals surface area contributed by atoms with Gasteiger partial charge < -0.3 is 4.57 Å². The van der Waals surface area contributed by atoms with Crippen LogP contribution in [0.5, 0.6) is 0 Å². The van der Waals surface area contributed by atoms with Gasteiger partial charge in [0.15, 0.2) is 0 Å². The van der Waals surface area contributed by atoms with Gasteiger partial charge in [-0.2, -0.15) is 0 Å². The summed E-state index contributed by atoms with van der Waals surface area (Å²) >= 11 is 7.89. The lowest BCUT2D eigenvalue weighted by atomic mass is 10.4. The Morgan fingerprint density at radius 2 is 2.18 bits per heavy atom. The first-order valence-electron chi connectivity index (χ1n) is 4.88. The Balaban J connectivity index is 2.41. The number of aryl methyl sites for hydroxylation is 1. The molecule has 0 fully saturated rings. The van der Waals surface area contributed by atoms with E-state index in [0.29, 0.717) is 15.3 Å². The van der Waals surface area contributed by atoms with Gasteiger partial charge in [-0.3, -0.25) is 9.36 Å². The molecule has 2 rings (SSSR count). The van der Waals surface area contributed by atoms with Gasteiger partial charge in [-0.25, -0.2) is 9.97 Å². The minimum absolute atomic E-state index is 0.0581. The van der Waals surface area contributed by atoms with E-state index in [1.165, 1.54) is 10.9 Å². The lowest BCUT2D eigenvalue weighted by Crippen LogP contribution is -2.25. The number of imidazole rings is 1. The first kappa shape index (κ1) is 12.6. The van der Waals surface area contributed by atoms with E-state index in [1.54, 1.807) is 10.8 Å². The minimum Gasteiger partial charge on any atom is -0.321 e. The molecule has 0 radical (unpaired) electrons. The molecular formula is C10H10ClIN4O. The predicted molar refractivity (Wildman–Crippen MR) is 73.3 cm³/mol. The van der Waals surface area contributed by atoms with Crippen molar-refractivity contribution in [3.8, 4) is 0 Å². The van der Waals surface area contributed by atoms with Crippen molar-refractivity contribution in [3.05, 3.63) is 43.1 Å². The lowest BCUT2D eigenvalue weighted by Gasteiger charge is -2.07. The van der Waals surface area contributed by atoms with Crippen LogP contribution in [0.2, 0.25) is 5.15 Å². The molecule has 0 unspecified atom stereocenters. The van der Waals surface area contributed by atoms with Crippen LogP contribution in [0.3, 0.4) is 0 Å². The summed E-state index contributed by atoms with van der Waals surface area (Å²) in [5.74, 6) is 0.721. The van der Waals surface area contributed by atoms with E-state index in [2.05, 4.69) is 9.97 Å². The zero-order valence-corrected chi connectivity index (χ0v) is 12.2. The zero-order valence-electron chi connectivity index (χ0n) is 9.31. The molecule has 2 heterocycles. The van der Waals surface area contributed by atoms with Crippen LogP contribution in [-0.2, 0) is 13.6 Å². The summed E-state index contributed by atoms with van der Waals surface area (Å²) < 4.78 is 3.89. The first-order chi connectivity index (χ1) is 8.00. The summed E-state index contributed by atoms with van der Waals surface area (Å²) in [5.41, 5.74) is 0.682. The van der Waals surface area contributed by atoms with Crippen LogP contribution < -0.4 is 5.56 Å². The molecule has 0 atom stereocenters. The quantitative estimate of drug-likeness (QED) is 0.761. The molecule has 0 aromatic carbocycles. The van der Waals surface area contributed by atoms with Crippen LogP contribution in [-0.4, -0.2) is 19.1 Å². The Kier molecular flexibility index (Phi) is 3.53. The molecule has 0 saturated carbocycles. The highest BCUT2D eigenvalue weighted by atomic mass is 127. The zero-order chi connectivity index (χ0) is 12.6. The number of nitrogens with zero attached hydrogens (tertiary/aromatic N) is 4. The van der Waals surface area contributed by atoms with Crippen LogP contribution in [0.15, 0.2) is 17.3 Å². The highest BCUT2D eigenvalue weighted by molar-refractivity contribution is 14.1. The van der Waals surface area contributed by atoms with Crippen molar-refractivity contribution in [3.63, 3.8) is 0 Å². The second-order valence-electron chi connectivity index (χ2n) is 3.63. The summed E-state index contributed by atoms with van der Waals surface area (Å²) in [5, 5.41) is 0.544. The molecule has 0 aliphatic rings. The predicted octanol–water partition coefficient (Wildman–Crippen LogP) is 1.59. The van der Waals surface area contributed by atoms with Crippen molar-refractivity contribution in [2.24, 2.45) is 7.05 Å². The number of aromatic nitrogens is 4. The summed E-state index contributed by atoms with van der Waals surface area (Å²) in [4.78, 5) is 20.3. The molecule has 0 saturated heterocycles. The normalized spacial score (nSPS) is 10.8. The van der Waals surface area contributed by atoms with E-state index in [1.807, 2.05) is 36.6 Å². The Labute approximate surface area is 117 Å². The Morgan fingerprint density at radius 1 is 1.47 bits per heavy atom. The van der Waals surface area contributed by atoms with Crippen LogP contribution in [0.4, 0.5) is 0 Å². The third-order valence-electron chi connectivity index (χ3n) is 2.50. The van der Waals surface area contributed by atoms with Gasteiger partial charge in [0.1, 0.15) is 11.0 Å². The number of halogens is 2. The molecule has 5 nitrogen and oxygen atoms in total. The minimum atomic E-state index is -0.0581. The molecule has 90 valence electrons. The maximum Gasteiger partial charge on any atom is 0.267 e. The highest BCUT2D eigenvalue weighted by Crippen LogP contribution is 2.10. The van der Waals surface area contributed by atoms with Crippen LogP contribution >= 0.6 is 34.2 Å². The largest absolute Gasteiger partial charge is 0.321 e. The van der Waals surface area contributed by atoms with Gasteiger partial charge in [0.05, 0.1) is 28.3 Å². The van der Waals surface area contributed by atoms with Crippen molar-refractivity contribution in [2.75, 3.05) is 0 Å². The van der Waals surface area contributed by atoms with E-state index >= 15 is 0 Å². The average Bonchev–Trinajstić information content (AvgIpc) is 2.62. The molecular weight excluding hydrogens is 354 g/mol. The van der Waals surface area contributed by atoms with Gasteiger partial charge in [-0.05, 0) is 29.5 Å². The second-order valence-corrected chi connectivity index (χ2v) is 5.10.